The Balaban J connectivity index is 1.78. The molecule has 2 amide bonds. The second kappa shape index (κ2) is 6.69. The van der Waals surface area contributed by atoms with Crippen LogP contribution < -0.4 is 4.90 Å². The first-order valence-electron chi connectivity index (χ1n) is 8.83. The van der Waals surface area contributed by atoms with Crippen molar-refractivity contribution in [2.24, 2.45) is 10.9 Å². The third-order valence-electron chi connectivity index (χ3n) is 5.08. The van der Waals surface area contributed by atoms with Crippen LogP contribution in [0.15, 0.2) is 53.5 Å². The number of rotatable bonds is 4. The van der Waals surface area contributed by atoms with Crippen LogP contribution in [-0.2, 0) is 4.79 Å². The van der Waals surface area contributed by atoms with Gasteiger partial charge in [0.15, 0.2) is 0 Å². The minimum atomic E-state index is -0.582. The number of imide groups is 1. The zero-order valence-corrected chi connectivity index (χ0v) is 15.2. The number of halogens is 1. The van der Waals surface area contributed by atoms with E-state index in [-0.39, 0.29) is 17.9 Å². The van der Waals surface area contributed by atoms with E-state index in [1.54, 1.807) is 42.6 Å². The van der Waals surface area contributed by atoms with Gasteiger partial charge in [-0.25, -0.2) is 4.90 Å². The molecule has 132 valence electrons. The minimum Gasteiger partial charge on any atom is -0.293 e. The lowest BCUT2D eigenvalue weighted by molar-refractivity contribution is -0.118. The summed E-state index contributed by atoms with van der Waals surface area (Å²) < 4.78 is 0. The van der Waals surface area contributed by atoms with Gasteiger partial charge in [-0.3, -0.25) is 14.6 Å². The molecule has 2 atom stereocenters. The molecule has 2 aromatic rings. The Hall–Kier alpha value is -2.46. The number of benzene rings is 2. The Morgan fingerprint density at radius 1 is 1.12 bits per heavy atom. The maximum absolute atomic E-state index is 13.2. The number of fused-ring (bicyclic) bond motifs is 1. The van der Waals surface area contributed by atoms with E-state index < -0.39 is 5.92 Å². The van der Waals surface area contributed by atoms with Crippen LogP contribution in [0.3, 0.4) is 0 Å². The number of carbonyl (C=O) groups is 2. The fourth-order valence-electron chi connectivity index (χ4n) is 3.38. The van der Waals surface area contributed by atoms with Crippen LogP contribution in [0.2, 0.25) is 5.02 Å². The highest BCUT2D eigenvalue weighted by Crippen LogP contribution is 2.36. The molecule has 1 heterocycles. The molecule has 1 fully saturated rings. The molecule has 26 heavy (non-hydrogen) atoms. The maximum atomic E-state index is 13.2. The van der Waals surface area contributed by atoms with E-state index in [0.29, 0.717) is 27.8 Å². The number of aliphatic imine (C=N–C) groups is 1. The van der Waals surface area contributed by atoms with Crippen LogP contribution in [-0.4, -0.2) is 24.1 Å². The molecular weight excluding hydrogens is 348 g/mol. The van der Waals surface area contributed by atoms with Gasteiger partial charge in [-0.1, -0.05) is 41.9 Å². The molecule has 0 aromatic heterocycles. The monoisotopic (exact) mass is 366 g/mol. The largest absolute Gasteiger partial charge is 0.293 e. The molecule has 0 bridgehead atoms. The molecule has 4 rings (SSSR count). The summed E-state index contributed by atoms with van der Waals surface area (Å²) in [5.74, 6) is -0.630. The van der Waals surface area contributed by atoms with Crippen molar-refractivity contribution < 1.29 is 9.59 Å². The zero-order valence-electron chi connectivity index (χ0n) is 14.4. The highest BCUT2D eigenvalue weighted by atomic mass is 35.5. The van der Waals surface area contributed by atoms with E-state index in [1.807, 2.05) is 12.1 Å². The molecule has 1 aliphatic heterocycles. The van der Waals surface area contributed by atoms with Crippen LogP contribution in [0, 0.1) is 5.92 Å². The van der Waals surface area contributed by atoms with Gasteiger partial charge in [-0.05, 0) is 49.4 Å². The van der Waals surface area contributed by atoms with Gasteiger partial charge in [0, 0.05) is 17.8 Å². The van der Waals surface area contributed by atoms with Crippen molar-refractivity contribution in [3.63, 3.8) is 0 Å². The predicted molar refractivity (Wildman–Crippen MR) is 103 cm³/mol. The Morgan fingerprint density at radius 2 is 1.81 bits per heavy atom. The lowest BCUT2D eigenvalue weighted by Gasteiger charge is -2.31. The van der Waals surface area contributed by atoms with Gasteiger partial charge in [0.05, 0.1) is 16.6 Å². The summed E-state index contributed by atoms with van der Waals surface area (Å²) in [5, 5.41) is 0.371. The third kappa shape index (κ3) is 2.95. The van der Waals surface area contributed by atoms with Crippen molar-refractivity contribution in [2.45, 2.75) is 31.7 Å². The number of para-hydroxylation sites is 1. The number of hydrogen-bond acceptors (Lipinski definition) is 3. The van der Waals surface area contributed by atoms with Gasteiger partial charge in [-0.15, -0.1) is 0 Å². The second-order valence-corrected chi connectivity index (χ2v) is 7.28. The summed E-state index contributed by atoms with van der Waals surface area (Å²) >= 11 is 6.26. The molecule has 0 spiro atoms. The predicted octanol–water partition coefficient (Wildman–Crippen LogP) is 4.48. The minimum absolute atomic E-state index is 0.196. The summed E-state index contributed by atoms with van der Waals surface area (Å²) in [6, 6.07) is 14.3. The molecule has 5 heteroatoms. The SMILES string of the molecule is C[C@@H](N=CC1C(=O)N(c2ccccc2Cl)C(=O)c2ccccc21)C1CC1. The van der Waals surface area contributed by atoms with Crippen molar-refractivity contribution >= 4 is 35.3 Å². The fourth-order valence-corrected chi connectivity index (χ4v) is 3.60. The molecule has 1 aliphatic carbocycles. The zero-order chi connectivity index (χ0) is 18.3. The van der Waals surface area contributed by atoms with Gasteiger partial charge in [-0.2, -0.15) is 0 Å². The normalized spacial score (nSPS) is 21.2. The average Bonchev–Trinajstić information content (AvgIpc) is 3.48. The summed E-state index contributed by atoms with van der Waals surface area (Å²) in [7, 11) is 0. The quantitative estimate of drug-likeness (QED) is 0.591. The molecule has 0 radical (unpaired) electrons. The Morgan fingerprint density at radius 3 is 2.54 bits per heavy atom. The average molecular weight is 367 g/mol. The highest BCUT2D eigenvalue weighted by molar-refractivity contribution is 6.37. The molecule has 2 aromatic carbocycles. The topological polar surface area (TPSA) is 49.7 Å². The standard InChI is InChI=1S/C21H19ClN2O2/c1-13(14-10-11-14)23-12-17-15-6-2-3-7-16(15)20(25)24(21(17)26)19-9-5-4-8-18(19)22/h2-9,12-14,17H,10-11H2,1H3/t13-,17?/m1/s1. The van der Waals surface area contributed by atoms with Crippen molar-refractivity contribution in [3.8, 4) is 0 Å². The highest BCUT2D eigenvalue weighted by Gasteiger charge is 2.39. The van der Waals surface area contributed by atoms with Crippen LogP contribution in [0.25, 0.3) is 0 Å². The first-order valence-corrected chi connectivity index (χ1v) is 9.20. The summed E-state index contributed by atoms with van der Waals surface area (Å²) in [6.07, 6.45) is 4.09. The van der Waals surface area contributed by atoms with Crippen LogP contribution in [0.1, 0.15) is 41.6 Å². The number of carbonyl (C=O) groups excluding carboxylic acids is 2. The third-order valence-corrected chi connectivity index (χ3v) is 5.40. The Bertz CT molecular complexity index is 904. The van der Waals surface area contributed by atoms with E-state index in [4.69, 9.17) is 11.6 Å². The maximum Gasteiger partial charge on any atom is 0.265 e. The van der Waals surface area contributed by atoms with Gasteiger partial charge in [0.25, 0.3) is 5.91 Å². The first kappa shape index (κ1) is 17.0. The van der Waals surface area contributed by atoms with E-state index in [1.165, 1.54) is 17.7 Å². The molecule has 1 unspecified atom stereocenters. The molecule has 2 aliphatic rings. The number of hydrogen-bond donors (Lipinski definition) is 0. The van der Waals surface area contributed by atoms with Crippen LogP contribution >= 0.6 is 11.6 Å². The fraction of sp³-hybridized carbons (Fsp3) is 0.286. The molecule has 4 nitrogen and oxygen atoms in total. The first-order chi connectivity index (χ1) is 12.6. The van der Waals surface area contributed by atoms with Gasteiger partial charge in [0.2, 0.25) is 5.91 Å². The Kier molecular flexibility index (Phi) is 4.37. The van der Waals surface area contributed by atoms with Gasteiger partial charge < -0.3 is 0 Å². The lowest BCUT2D eigenvalue weighted by Crippen LogP contribution is -2.45. The molecule has 0 saturated heterocycles. The lowest BCUT2D eigenvalue weighted by atomic mass is 9.88. The Labute approximate surface area is 157 Å². The number of amides is 2. The van der Waals surface area contributed by atoms with Crippen LogP contribution in [0.5, 0.6) is 0 Å². The summed E-state index contributed by atoms with van der Waals surface area (Å²) in [6.45, 7) is 2.07. The van der Waals surface area contributed by atoms with Crippen molar-refractivity contribution in [3.05, 3.63) is 64.7 Å². The summed E-state index contributed by atoms with van der Waals surface area (Å²) in [5.41, 5.74) is 1.63. The summed E-state index contributed by atoms with van der Waals surface area (Å²) in [4.78, 5) is 32.0. The second-order valence-electron chi connectivity index (χ2n) is 6.87. The number of anilines is 1. The smallest absolute Gasteiger partial charge is 0.265 e. The van der Waals surface area contributed by atoms with Crippen molar-refractivity contribution in [2.75, 3.05) is 4.90 Å². The van der Waals surface area contributed by atoms with E-state index >= 15 is 0 Å². The van der Waals surface area contributed by atoms with Gasteiger partial charge >= 0.3 is 0 Å². The molecule has 0 N–H and O–H groups in total. The van der Waals surface area contributed by atoms with Gasteiger partial charge in [0.1, 0.15) is 0 Å². The van der Waals surface area contributed by atoms with E-state index in [2.05, 4.69) is 11.9 Å². The van der Waals surface area contributed by atoms with Crippen LogP contribution in [0.4, 0.5) is 5.69 Å². The number of nitrogens with zero attached hydrogens (tertiary/aromatic N) is 2. The molecular formula is C21H19ClN2O2. The van der Waals surface area contributed by atoms with Crippen molar-refractivity contribution in [1.82, 2.24) is 0 Å². The van der Waals surface area contributed by atoms with E-state index in [9.17, 15) is 9.59 Å². The van der Waals surface area contributed by atoms with E-state index in [0.717, 1.165) is 0 Å². The van der Waals surface area contributed by atoms with Crippen molar-refractivity contribution in [1.29, 1.82) is 0 Å². The molecule has 1 saturated carbocycles.